The normalized spacial score (nSPS) is 15.9. The Hall–Kier alpha value is -2.00. The second-order valence-electron chi connectivity index (χ2n) is 6.67. The Labute approximate surface area is 208 Å². The summed E-state index contributed by atoms with van der Waals surface area (Å²) < 4.78 is 11.3. The molecule has 1 aliphatic heterocycles. The molecule has 0 aromatic heterocycles. The molecule has 1 fully saturated rings. The number of hydrogen-bond donors (Lipinski definition) is 0. The second-order valence-corrected chi connectivity index (χ2v) is 9.34. The summed E-state index contributed by atoms with van der Waals surface area (Å²) in [5, 5.41) is 0.368. The van der Waals surface area contributed by atoms with Crippen LogP contribution in [0.25, 0.3) is 6.08 Å². The van der Waals surface area contributed by atoms with Crippen molar-refractivity contribution in [3.05, 3.63) is 66.9 Å². The van der Waals surface area contributed by atoms with E-state index < -0.39 is 23.2 Å². The van der Waals surface area contributed by atoms with Crippen LogP contribution in [0.5, 0.6) is 5.75 Å². The molecule has 3 rings (SSSR count). The van der Waals surface area contributed by atoms with Gasteiger partial charge in [0.25, 0.3) is 11.1 Å². The largest absolute Gasteiger partial charge is 0.486 e. The van der Waals surface area contributed by atoms with E-state index in [0.29, 0.717) is 25.8 Å². The van der Waals surface area contributed by atoms with Gasteiger partial charge in [0.05, 0.1) is 21.0 Å². The Morgan fingerprint density at radius 1 is 1.22 bits per heavy atom. The fourth-order valence-electron chi connectivity index (χ4n) is 2.90. The molecule has 0 bridgehead atoms. The maximum absolute atomic E-state index is 12.7. The lowest BCUT2D eigenvalue weighted by atomic mass is 10.2. The van der Waals surface area contributed by atoms with Crippen LogP contribution >= 0.6 is 50.9 Å². The Morgan fingerprint density at radius 2 is 1.94 bits per heavy atom. The van der Waals surface area contributed by atoms with Gasteiger partial charge in [-0.3, -0.25) is 14.5 Å². The third-order valence-corrected chi connectivity index (χ3v) is 6.61. The van der Waals surface area contributed by atoms with Crippen molar-refractivity contribution in [3.8, 4) is 5.75 Å². The van der Waals surface area contributed by atoms with Gasteiger partial charge in [-0.1, -0.05) is 41.4 Å². The van der Waals surface area contributed by atoms with Gasteiger partial charge in [-0.15, -0.1) is 0 Å². The average Bonchev–Trinajstić information content (AvgIpc) is 3.01. The standard InChI is InChI=1S/C22H18BrCl2NO5S/c1-3-30-21(28)12(2)26-20(27)18(32-22(26)29)10-13-8-15(23)19(17(25)9-13)31-11-14-6-4-5-7-16(14)24/h4-10,12H,3,11H2,1-2H3/b18-10+/t12-/m1/s1. The van der Waals surface area contributed by atoms with Crippen LogP contribution in [0, 0.1) is 0 Å². The molecule has 1 heterocycles. The molecule has 32 heavy (non-hydrogen) atoms. The van der Waals surface area contributed by atoms with Gasteiger partial charge in [-0.05, 0) is 71.4 Å². The van der Waals surface area contributed by atoms with Crippen LogP contribution in [0.15, 0.2) is 45.8 Å². The highest BCUT2D eigenvalue weighted by molar-refractivity contribution is 9.10. The van der Waals surface area contributed by atoms with Crippen molar-refractivity contribution >= 4 is 74.1 Å². The van der Waals surface area contributed by atoms with Crippen molar-refractivity contribution in [2.75, 3.05) is 6.61 Å². The number of nitrogens with zero attached hydrogens (tertiary/aromatic N) is 1. The molecule has 2 aromatic rings. The minimum Gasteiger partial charge on any atom is -0.486 e. The highest BCUT2D eigenvalue weighted by atomic mass is 79.9. The Morgan fingerprint density at radius 3 is 2.59 bits per heavy atom. The Balaban J connectivity index is 1.79. The summed E-state index contributed by atoms with van der Waals surface area (Å²) in [6.07, 6.45) is 1.54. The van der Waals surface area contributed by atoms with E-state index in [1.165, 1.54) is 13.0 Å². The van der Waals surface area contributed by atoms with Crippen LogP contribution in [0.3, 0.4) is 0 Å². The zero-order valence-corrected chi connectivity index (χ0v) is 21.0. The zero-order valence-electron chi connectivity index (χ0n) is 17.1. The number of halogens is 3. The lowest BCUT2D eigenvalue weighted by molar-refractivity contribution is -0.150. The lowest BCUT2D eigenvalue weighted by Crippen LogP contribution is -2.42. The van der Waals surface area contributed by atoms with Crippen molar-refractivity contribution in [1.29, 1.82) is 0 Å². The van der Waals surface area contributed by atoms with Crippen molar-refractivity contribution in [2.45, 2.75) is 26.5 Å². The number of esters is 1. The number of thioether (sulfide) groups is 1. The van der Waals surface area contributed by atoms with Gasteiger partial charge < -0.3 is 9.47 Å². The third kappa shape index (κ3) is 5.49. The summed E-state index contributed by atoms with van der Waals surface area (Å²) in [5.74, 6) is -0.776. The van der Waals surface area contributed by atoms with Crippen LogP contribution in [0.4, 0.5) is 4.79 Å². The van der Waals surface area contributed by atoms with Gasteiger partial charge in [0.15, 0.2) is 5.75 Å². The smallest absolute Gasteiger partial charge is 0.329 e. The first-order chi connectivity index (χ1) is 15.2. The van der Waals surface area contributed by atoms with E-state index in [0.717, 1.165) is 22.2 Å². The van der Waals surface area contributed by atoms with E-state index in [4.69, 9.17) is 32.7 Å². The van der Waals surface area contributed by atoms with Crippen LogP contribution in [-0.2, 0) is 20.9 Å². The number of rotatable bonds is 7. The van der Waals surface area contributed by atoms with Gasteiger partial charge in [-0.25, -0.2) is 4.79 Å². The number of carbonyl (C=O) groups is 3. The predicted octanol–water partition coefficient (Wildman–Crippen LogP) is 6.32. The molecule has 168 valence electrons. The van der Waals surface area contributed by atoms with Crippen LogP contribution in [0.2, 0.25) is 10.0 Å². The topological polar surface area (TPSA) is 72.9 Å². The molecule has 10 heteroatoms. The van der Waals surface area contributed by atoms with E-state index >= 15 is 0 Å². The first-order valence-corrected chi connectivity index (χ1v) is 11.9. The molecular weight excluding hydrogens is 541 g/mol. The van der Waals surface area contributed by atoms with Gasteiger partial charge in [0.2, 0.25) is 0 Å². The van der Waals surface area contributed by atoms with Crippen LogP contribution in [0.1, 0.15) is 25.0 Å². The average molecular weight is 559 g/mol. The minimum absolute atomic E-state index is 0.159. The Bertz CT molecular complexity index is 1080. The zero-order chi connectivity index (χ0) is 23.4. The number of imide groups is 1. The molecule has 2 amide bonds. The van der Waals surface area contributed by atoms with E-state index in [1.807, 2.05) is 18.2 Å². The number of carbonyl (C=O) groups excluding carboxylic acids is 3. The Kier molecular flexibility index (Phi) is 8.27. The molecule has 0 aliphatic carbocycles. The van der Waals surface area contributed by atoms with Crippen LogP contribution in [-0.4, -0.2) is 34.7 Å². The predicted molar refractivity (Wildman–Crippen MR) is 129 cm³/mol. The van der Waals surface area contributed by atoms with Crippen molar-refractivity contribution < 1.29 is 23.9 Å². The van der Waals surface area contributed by atoms with Gasteiger partial charge in [-0.2, -0.15) is 0 Å². The maximum Gasteiger partial charge on any atom is 0.329 e. The quantitative estimate of drug-likeness (QED) is 0.292. The second kappa shape index (κ2) is 10.7. The molecule has 0 radical (unpaired) electrons. The van der Waals surface area contributed by atoms with Crippen molar-refractivity contribution in [2.24, 2.45) is 0 Å². The summed E-state index contributed by atoms with van der Waals surface area (Å²) in [7, 11) is 0. The van der Waals surface area contributed by atoms with Crippen molar-refractivity contribution in [1.82, 2.24) is 4.90 Å². The minimum atomic E-state index is -1.01. The number of hydrogen-bond acceptors (Lipinski definition) is 6. The van der Waals surface area contributed by atoms with E-state index in [1.54, 1.807) is 25.1 Å². The molecule has 0 spiro atoms. The van der Waals surface area contributed by atoms with Crippen LogP contribution < -0.4 is 4.74 Å². The summed E-state index contributed by atoms with van der Waals surface area (Å²) in [6, 6.07) is 9.65. The molecule has 1 saturated heterocycles. The lowest BCUT2D eigenvalue weighted by Gasteiger charge is -2.19. The van der Waals surface area contributed by atoms with Gasteiger partial charge >= 0.3 is 5.97 Å². The van der Waals surface area contributed by atoms with Gasteiger partial charge in [0, 0.05) is 10.6 Å². The first kappa shape index (κ1) is 24.6. The molecule has 1 atom stereocenters. The molecule has 1 aliphatic rings. The molecule has 6 nitrogen and oxygen atoms in total. The van der Waals surface area contributed by atoms with E-state index in [2.05, 4.69) is 15.9 Å². The highest BCUT2D eigenvalue weighted by Gasteiger charge is 2.41. The summed E-state index contributed by atoms with van der Waals surface area (Å²) in [5.41, 5.74) is 1.40. The van der Waals surface area contributed by atoms with E-state index in [-0.39, 0.29) is 18.1 Å². The summed E-state index contributed by atoms with van der Waals surface area (Å²) in [6.45, 7) is 3.49. The highest BCUT2D eigenvalue weighted by Crippen LogP contribution is 2.38. The summed E-state index contributed by atoms with van der Waals surface area (Å²) >= 11 is 16.7. The number of benzene rings is 2. The molecule has 2 aromatic carbocycles. The SMILES string of the molecule is CCOC(=O)[C@@H](C)N1C(=O)S/C(=C/c2cc(Cl)c(OCc3ccccc3Cl)c(Br)c2)C1=O. The fourth-order valence-corrected chi connectivity index (χ4v) is 4.99. The van der Waals surface area contributed by atoms with E-state index in [9.17, 15) is 14.4 Å². The molecule has 0 saturated carbocycles. The molecule has 0 unspecified atom stereocenters. The number of amides is 2. The first-order valence-electron chi connectivity index (χ1n) is 9.51. The molecule has 0 N–H and O–H groups in total. The monoisotopic (exact) mass is 557 g/mol. The third-order valence-electron chi connectivity index (χ3n) is 4.49. The summed E-state index contributed by atoms with van der Waals surface area (Å²) in [4.78, 5) is 38.1. The van der Waals surface area contributed by atoms with Crippen molar-refractivity contribution in [3.63, 3.8) is 0 Å². The fraction of sp³-hybridized carbons (Fsp3) is 0.227. The molecular formula is C22H18BrCl2NO5S. The number of ether oxygens (including phenoxy) is 2. The maximum atomic E-state index is 12.7. The van der Waals surface area contributed by atoms with Gasteiger partial charge in [0.1, 0.15) is 12.6 Å².